The Labute approximate surface area is 195 Å². The van der Waals surface area contributed by atoms with Gasteiger partial charge in [-0.25, -0.2) is 16.8 Å². The van der Waals surface area contributed by atoms with Crippen LogP contribution in [0, 0.1) is 20.8 Å². The molecule has 0 bridgehead atoms. The van der Waals surface area contributed by atoms with Gasteiger partial charge in [-0.05, 0) is 73.4 Å². The van der Waals surface area contributed by atoms with E-state index in [4.69, 9.17) is 0 Å². The molecule has 0 atom stereocenters. The van der Waals surface area contributed by atoms with E-state index >= 15 is 0 Å². The van der Waals surface area contributed by atoms with E-state index in [1.54, 1.807) is 24.3 Å². The molecule has 7 heteroatoms. The van der Waals surface area contributed by atoms with E-state index in [1.807, 2.05) is 63.2 Å². The van der Waals surface area contributed by atoms with Crippen molar-refractivity contribution in [3.05, 3.63) is 89.1 Å². The lowest BCUT2D eigenvalue weighted by molar-refractivity contribution is 0.593. The van der Waals surface area contributed by atoms with E-state index in [0.29, 0.717) is 16.1 Å². The molecule has 5 nitrogen and oxygen atoms in total. The van der Waals surface area contributed by atoms with Crippen molar-refractivity contribution in [2.24, 2.45) is 0 Å². The molecule has 4 rings (SSSR count). The fourth-order valence-electron chi connectivity index (χ4n) is 4.26. The van der Waals surface area contributed by atoms with E-state index < -0.39 is 19.7 Å². The van der Waals surface area contributed by atoms with Gasteiger partial charge in [0, 0.05) is 11.6 Å². The minimum Gasteiger partial charge on any atom is -0.252 e. The van der Waals surface area contributed by atoms with Crippen molar-refractivity contribution >= 4 is 30.6 Å². The van der Waals surface area contributed by atoms with Crippen LogP contribution in [0.5, 0.6) is 0 Å². The number of hydrogen-bond acceptors (Lipinski definition) is 5. The second-order valence-corrected chi connectivity index (χ2v) is 12.4. The van der Waals surface area contributed by atoms with Gasteiger partial charge in [0.15, 0.2) is 19.7 Å². The predicted octanol–water partition coefficient (Wildman–Crippen LogP) is 5.20. The number of aryl methyl sites for hydroxylation is 3. The molecule has 0 aliphatic carbocycles. The van der Waals surface area contributed by atoms with Crippen molar-refractivity contribution in [2.75, 3.05) is 6.26 Å². The molecule has 0 amide bonds. The number of aromatic nitrogens is 1. The first-order chi connectivity index (χ1) is 15.4. The monoisotopic (exact) mass is 479 g/mol. The van der Waals surface area contributed by atoms with Gasteiger partial charge in [-0.2, -0.15) is 0 Å². The number of rotatable bonds is 5. The maximum Gasteiger partial charge on any atom is 0.184 e. The molecule has 170 valence electrons. The van der Waals surface area contributed by atoms with Gasteiger partial charge in [-0.15, -0.1) is 0 Å². The molecule has 0 radical (unpaired) electrons. The summed E-state index contributed by atoms with van der Waals surface area (Å²) in [6, 6.07) is 19.8. The standard InChI is InChI=1S/C26H25NO4S2/c1-17-12-18(2)26(19(3)13-17)33(30,31)16-23-10-8-22-14-21(9-11-25(22)27-23)20-6-5-7-24(15-20)32(4,28)29/h5-15H,16H2,1-4H3. The third-order valence-electron chi connectivity index (χ3n) is 5.60. The average Bonchev–Trinajstić information content (AvgIpc) is 2.71. The van der Waals surface area contributed by atoms with Crippen LogP contribution >= 0.6 is 0 Å². The number of sulfone groups is 2. The van der Waals surface area contributed by atoms with Gasteiger partial charge in [0.1, 0.15) is 0 Å². The summed E-state index contributed by atoms with van der Waals surface area (Å²) in [6.45, 7) is 5.59. The summed E-state index contributed by atoms with van der Waals surface area (Å²) in [5, 5.41) is 0.848. The minimum atomic E-state index is -3.55. The van der Waals surface area contributed by atoms with Crippen LogP contribution in [0.2, 0.25) is 0 Å². The zero-order valence-electron chi connectivity index (χ0n) is 19.0. The average molecular weight is 480 g/mol. The first-order valence-electron chi connectivity index (χ1n) is 10.4. The van der Waals surface area contributed by atoms with Crippen LogP contribution < -0.4 is 0 Å². The largest absolute Gasteiger partial charge is 0.252 e. The van der Waals surface area contributed by atoms with Crippen molar-refractivity contribution in [1.29, 1.82) is 0 Å². The van der Waals surface area contributed by atoms with Crippen molar-refractivity contribution in [3.63, 3.8) is 0 Å². The highest BCUT2D eigenvalue weighted by Gasteiger charge is 2.21. The van der Waals surface area contributed by atoms with Crippen LogP contribution in [-0.2, 0) is 25.4 Å². The van der Waals surface area contributed by atoms with Gasteiger partial charge in [-0.1, -0.05) is 42.0 Å². The third-order valence-corrected chi connectivity index (χ3v) is 8.65. The first-order valence-corrected chi connectivity index (χ1v) is 14.0. The number of hydrogen-bond donors (Lipinski definition) is 0. The Balaban J connectivity index is 1.68. The fourth-order valence-corrected chi connectivity index (χ4v) is 6.72. The molecule has 0 unspecified atom stereocenters. The van der Waals surface area contributed by atoms with Crippen LogP contribution in [0.3, 0.4) is 0 Å². The zero-order valence-corrected chi connectivity index (χ0v) is 20.6. The maximum absolute atomic E-state index is 13.2. The van der Waals surface area contributed by atoms with Crippen molar-refractivity contribution in [1.82, 2.24) is 4.98 Å². The molecule has 1 aromatic heterocycles. The summed E-state index contributed by atoms with van der Waals surface area (Å²) < 4.78 is 50.1. The van der Waals surface area contributed by atoms with Crippen LogP contribution in [0.4, 0.5) is 0 Å². The third kappa shape index (κ3) is 4.84. The highest BCUT2D eigenvalue weighted by atomic mass is 32.2. The molecule has 0 spiro atoms. The summed E-state index contributed by atoms with van der Waals surface area (Å²) in [5.41, 5.74) is 5.34. The summed E-state index contributed by atoms with van der Waals surface area (Å²) >= 11 is 0. The maximum atomic E-state index is 13.2. The normalized spacial score (nSPS) is 12.2. The fraction of sp³-hybridized carbons (Fsp3) is 0.192. The topological polar surface area (TPSA) is 81.2 Å². The van der Waals surface area contributed by atoms with Crippen LogP contribution in [-0.4, -0.2) is 28.1 Å². The van der Waals surface area contributed by atoms with E-state index in [0.717, 1.165) is 33.2 Å². The molecular formula is C26H25NO4S2. The molecule has 33 heavy (non-hydrogen) atoms. The smallest absolute Gasteiger partial charge is 0.184 e. The lowest BCUT2D eigenvalue weighted by Gasteiger charge is -2.12. The number of nitrogens with zero attached hydrogens (tertiary/aromatic N) is 1. The van der Waals surface area contributed by atoms with E-state index in [2.05, 4.69) is 4.98 Å². The predicted molar refractivity (Wildman–Crippen MR) is 132 cm³/mol. The molecule has 0 N–H and O–H groups in total. The van der Waals surface area contributed by atoms with Crippen LogP contribution in [0.25, 0.3) is 22.0 Å². The Morgan fingerprint density at radius 3 is 2.09 bits per heavy atom. The van der Waals surface area contributed by atoms with Gasteiger partial charge in [0.25, 0.3) is 0 Å². The minimum absolute atomic E-state index is 0.175. The quantitative estimate of drug-likeness (QED) is 0.393. The summed E-state index contributed by atoms with van der Waals surface area (Å²) in [4.78, 5) is 5.22. The molecule has 0 aliphatic rings. The highest BCUT2D eigenvalue weighted by molar-refractivity contribution is 7.91. The summed E-state index contributed by atoms with van der Waals surface area (Å²) in [6.07, 6.45) is 1.19. The van der Waals surface area contributed by atoms with E-state index in [-0.39, 0.29) is 10.6 Å². The van der Waals surface area contributed by atoms with Crippen LogP contribution in [0.1, 0.15) is 22.4 Å². The summed E-state index contributed by atoms with van der Waals surface area (Å²) in [5.74, 6) is -0.175. The van der Waals surface area contributed by atoms with Gasteiger partial charge in [0.2, 0.25) is 0 Å². The summed E-state index contributed by atoms with van der Waals surface area (Å²) in [7, 11) is -6.85. The molecule has 3 aromatic carbocycles. The molecule has 0 saturated carbocycles. The number of pyridine rings is 1. The molecule has 0 fully saturated rings. The van der Waals surface area contributed by atoms with Crippen molar-refractivity contribution in [2.45, 2.75) is 36.3 Å². The number of benzene rings is 3. The van der Waals surface area contributed by atoms with Gasteiger partial charge in [0.05, 0.1) is 26.8 Å². The van der Waals surface area contributed by atoms with Gasteiger partial charge >= 0.3 is 0 Å². The Morgan fingerprint density at radius 2 is 1.42 bits per heavy atom. The second kappa shape index (κ2) is 8.39. The van der Waals surface area contributed by atoms with Crippen molar-refractivity contribution in [3.8, 4) is 11.1 Å². The van der Waals surface area contributed by atoms with Crippen molar-refractivity contribution < 1.29 is 16.8 Å². The Bertz CT molecular complexity index is 1580. The van der Waals surface area contributed by atoms with E-state index in [9.17, 15) is 16.8 Å². The lowest BCUT2D eigenvalue weighted by atomic mass is 10.0. The lowest BCUT2D eigenvalue weighted by Crippen LogP contribution is -2.10. The zero-order chi connectivity index (χ0) is 24.0. The Hall–Kier alpha value is -3.03. The molecule has 4 aromatic rings. The molecule has 0 aliphatic heterocycles. The van der Waals surface area contributed by atoms with E-state index in [1.165, 1.54) is 6.26 Å². The highest BCUT2D eigenvalue weighted by Crippen LogP contribution is 2.28. The molecular weight excluding hydrogens is 454 g/mol. The first kappa shape index (κ1) is 23.1. The number of fused-ring (bicyclic) bond motifs is 1. The SMILES string of the molecule is Cc1cc(C)c(S(=O)(=O)Cc2ccc3cc(-c4cccc(S(C)(=O)=O)c4)ccc3n2)c(C)c1. The van der Waals surface area contributed by atoms with Gasteiger partial charge < -0.3 is 0 Å². The van der Waals surface area contributed by atoms with Gasteiger partial charge in [-0.3, -0.25) is 4.98 Å². The molecule has 1 heterocycles. The van der Waals surface area contributed by atoms with Crippen LogP contribution in [0.15, 0.2) is 76.5 Å². The second-order valence-electron chi connectivity index (χ2n) is 8.50. The Morgan fingerprint density at radius 1 is 0.758 bits per heavy atom. The molecule has 0 saturated heterocycles. The Kier molecular flexibility index (Phi) is 5.88.